The van der Waals surface area contributed by atoms with Gasteiger partial charge in [0.15, 0.2) is 5.79 Å². The lowest BCUT2D eigenvalue weighted by Crippen LogP contribution is -2.66. The quantitative estimate of drug-likeness (QED) is 0.244. The highest BCUT2D eigenvalue weighted by atomic mass is 19.4. The third-order valence-electron chi connectivity index (χ3n) is 12.6. The lowest BCUT2D eigenvalue weighted by atomic mass is 9.67. The van der Waals surface area contributed by atoms with Gasteiger partial charge in [-0.25, -0.2) is 0 Å². The van der Waals surface area contributed by atoms with Crippen LogP contribution < -0.4 is 0 Å². The third kappa shape index (κ3) is 14.4. The predicted octanol–water partition coefficient (Wildman–Crippen LogP) is 14.7. The zero-order chi connectivity index (χ0) is 44.2. The maximum atomic E-state index is 12.7. The molecule has 2 heterocycles. The number of rotatable bonds is 0. The number of fused-ring (bicyclic) bond motifs is 1. The highest BCUT2D eigenvalue weighted by Crippen LogP contribution is 2.52. The summed E-state index contributed by atoms with van der Waals surface area (Å²) in [5.74, 6) is -2.32. The lowest BCUT2D eigenvalue weighted by Gasteiger charge is -2.47. The molecule has 2 saturated heterocycles. The first-order valence-electron chi connectivity index (χ1n) is 21.4. The van der Waals surface area contributed by atoms with Crippen LogP contribution >= 0.6 is 0 Å². The Hall–Kier alpha value is -1.36. The van der Waals surface area contributed by atoms with Crippen molar-refractivity contribution in [1.29, 1.82) is 0 Å². The van der Waals surface area contributed by atoms with Crippen molar-refractivity contribution < 1.29 is 45.3 Å². The second-order valence-electron chi connectivity index (χ2n) is 22.0. The van der Waals surface area contributed by atoms with Gasteiger partial charge >= 0.3 is 18.1 Å². The van der Waals surface area contributed by atoms with Crippen LogP contribution in [0.3, 0.4) is 0 Å². The summed E-state index contributed by atoms with van der Waals surface area (Å²) < 4.78 is 96.2. The van der Waals surface area contributed by atoms with E-state index >= 15 is 0 Å². The molecule has 0 N–H and O–H groups in total. The molecule has 10 heteroatoms. The number of alkyl halides is 6. The normalized spacial score (nSPS) is 29.6. The summed E-state index contributed by atoms with van der Waals surface area (Å²) >= 11 is 0. The summed E-state index contributed by atoms with van der Waals surface area (Å²) in [4.78, 5) is 0. The summed E-state index contributed by atoms with van der Waals surface area (Å²) in [6.07, 6.45) is -2.44. The van der Waals surface area contributed by atoms with E-state index in [0.717, 1.165) is 24.4 Å². The Morgan fingerprint density at radius 3 is 1.40 bits per heavy atom. The van der Waals surface area contributed by atoms with E-state index in [2.05, 4.69) is 110 Å². The first kappa shape index (κ1) is 51.8. The van der Waals surface area contributed by atoms with Crippen molar-refractivity contribution in [2.24, 2.45) is 45.3 Å². The molecule has 7 atom stereocenters. The lowest BCUT2D eigenvalue weighted by molar-refractivity contribution is -0.497. The minimum absolute atomic E-state index is 0.260. The Balaban J connectivity index is 0.000000267. The number of hydrogen-bond donors (Lipinski definition) is 0. The summed E-state index contributed by atoms with van der Waals surface area (Å²) in [5, 5.41) is 0. The number of hydrogen-bond acceptors (Lipinski definition) is 4. The van der Waals surface area contributed by atoms with Gasteiger partial charge < -0.3 is 18.9 Å². The number of aryl methyl sites for hydroxylation is 1. The Bertz CT molecular complexity index is 1340. The van der Waals surface area contributed by atoms with Crippen LogP contribution in [-0.2, 0) is 25.4 Å². The molecule has 1 aromatic rings. The molecule has 1 aromatic carbocycles. The molecule has 0 amide bonds. The fraction of sp³-hybridized carbons (Fsp3) is 0.872. The van der Waals surface area contributed by atoms with Crippen molar-refractivity contribution in [2.45, 2.75) is 205 Å². The molecule has 0 radical (unpaired) electrons. The fourth-order valence-corrected chi connectivity index (χ4v) is 9.33. The molecular formula is C47H80F6O4. The van der Waals surface area contributed by atoms with Crippen molar-refractivity contribution in [3.8, 4) is 0 Å². The Kier molecular flexibility index (Phi) is 17.4. The molecule has 0 spiro atoms. The molecule has 2 aliphatic heterocycles. The average Bonchev–Trinajstić information content (AvgIpc) is 3.02. The molecule has 1 saturated carbocycles. The molecular weight excluding hydrogens is 743 g/mol. The maximum Gasteiger partial charge on any atom is 0.453 e. The summed E-state index contributed by atoms with van der Waals surface area (Å²) in [5.41, 5.74) is 3.87. The zero-order valence-corrected chi connectivity index (χ0v) is 38.6. The molecule has 57 heavy (non-hydrogen) atoms. The topological polar surface area (TPSA) is 36.9 Å². The van der Waals surface area contributed by atoms with E-state index in [1.807, 2.05) is 13.8 Å². The van der Waals surface area contributed by atoms with Gasteiger partial charge in [-0.05, 0) is 104 Å². The van der Waals surface area contributed by atoms with Crippen LogP contribution in [0.2, 0.25) is 0 Å². The van der Waals surface area contributed by atoms with E-state index in [0.29, 0.717) is 16.7 Å². The molecule has 5 rings (SSSR count). The molecule has 3 fully saturated rings. The van der Waals surface area contributed by atoms with Gasteiger partial charge in [0.2, 0.25) is 0 Å². The fourth-order valence-electron chi connectivity index (χ4n) is 9.33. The first-order chi connectivity index (χ1) is 25.6. The summed E-state index contributed by atoms with van der Waals surface area (Å²) in [7, 11) is 0. The number of halogens is 6. The van der Waals surface area contributed by atoms with Crippen molar-refractivity contribution in [3.05, 3.63) is 35.4 Å². The van der Waals surface area contributed by atoms with Crippen LogP contribution in [0.25, 0.3) is 0 Å². The number of ether oxygens (including phenoxy) is 4. The minimum atomic E-state index is -5.68. The van der Waals surface area contributed by atoms with Crippen LogP contribution in [0.4, 0.5) is 26.3 Å². The molecule has 7 unspecified atom stereocenters. The van der Waals surface area contributed by atoms with Crippen LogP contribution in [0, 0.1) is 45.3 Å². The van der Waals surface area contributed by atoms with E-state index in [4.69, 9.17) is 9.47 Å². The SMILES string of the molecule is CC(C)(C)C1CCCc2ccccc21.CC1CCCCC1C(C)(C)C.CC1OC(C(F)(F)F)(C(F)(F)F)OCC1C(C)(C)C.CC1OC(C)(C)OCC1C(C)(C)C. The highest BCUT2D eigenvalue weighted by molar-refractivity contribution is 5.33. The van der Waals surface area contributed by atoms with E-state index in [-0.39, 0.29) is 11.5 Å². The van der Waals surface area contributed by atoms with E-state index in [1.165, 1.54) is 51.9 Å². The van der Waals surface area contributed by atoms with Crippen LogP contribution in [0.15, 0.2) is 24.3 Å². The van der Waals surface area contributed by atoms with Gasteiger partial charge in [-0.2, -0.15) is 26.3 Å². The van der Waals surface area contributed by atoms with Crippen molar-refractivity contribution in [1.82, 2.24) is 0 Å². The van der Waals surface area contributed by atoms with Crippen LogP contribution in [-0.4, -0.2) is 49.3 Å². The number of benzene rings is 1. The molecule has 0 bridgehead atoms. The Morgan fingerprint density at radius 1 is 0.544 bits per heavy atom. The van der Waals surface area contributed by atoms with Gasteiger partial charge in [0.05, 0.1) is 25.4 Å². The maximum absolute atomic E-state index is 12.7. The molecule has 2 aliphatic carbocycles. The molecule has 4 aliphatic rings. The van der Waals surface area contributed by atoms with Crippen LogP contribution in [0.1, 0.15) is 173 Å². The predicted molar refractivity (Wildman–Crippen MR) is 220 cm³/mol. The minimum Gasteiger partial charge on any atom is -0.350 e. The Morgan fingerprint density at radius 2 is 1.00 bits per heavy atom. The standard InChI is InChI=1S/C14H20.C11H16F6O2.C11H22O2.C11H22/c1-14(2,3)13-10-6-8-11-7-4-5-9-12(11)13;1-6-7(8(2,3)4)5-18-9(19-6,10(12,13)14)11(15,16)17;1-8-9(10(2,3)4)7-12-11(5,6)13-8;1-9-7-5-6-8-10(9)11(2,3)4/h4-5,7,9,13H,6,8,10H2,1-3H3;6-7H,5H2,1-4H3;8-9H,7H2,1-6H3;9-10H,5-8H2,1-4H3. The first-order valence-corrected chi connectivity index (χ1v) is 21.4. The third-order valence-corrected chi connectivity index (χ3v) is 12.6. The summed E-state index contributed by atoms with van der Waals surface area (Å²) in [6, 6.07) is 8.98. The van der Waals surface area contributed by atoms with Gasteiger partial charge in [-0.15, -0.1) is 0 Å². The zero-order valence-electron chi connectivity index (χ0n) is 38.6. The smallest absolute Gasteiger partial charge is 0.350 e. The average molecular weight is 823 g/mol. The second-order valence-corrected chi connectivity index (χ2v) is 22.0. The van der Waals surface area contributed by atoms with Gasteiger partial charge in [0, 0.05) is 11.8 Å². The van der Waals surface area contributed by atoms with E-state index in [1.54, 1.807) is 31.9 Å². The van der Waals surface area contributed by atoms with Gasteiger partial charge in [0.25, 0.3) is 0 Å². The van der Waals surface area contributed by atoms with Crippen LogP contribution in [0.5, 0.6) is 0 Å². The second kappa shape index (κ2) is 19.1. The van der Waals surface area contributed by atoms with Crippen molar-refractivity contribution in [3.63, 3.8) is 0 Å². The molecule has 0 aromatic heterocycles. The Labute approximate surface area is 343 Å². The molecule has 4 nitrogen and oxygen atoms in total. The van der Waals surface area contributed by atoms with Crippen molar-refractivity contribution in [2.75, 3.05) is 13.2 Å². The summed E-state index contributed by atoms with van der Waals surface area (Å²) in [6.45, 7) is 35.9. The van der Waals surface area contributed by atoms with Gasteiger partial charge in [0.1, 0.15) is 0 Å². The molecule has 334 valence electrons. The van der Waals surface area contributed by atoms with E-state index < -0.39 is 48.0 Å². The highest BCUT2D eigenvalue weighted by Gasteiger charge is 2.76. The largest absolute Gasteiger partial charge is 0.453 e. The van der Waals surface area contributed by atoms with E-state index in [9.17, 15) is 26.3 Å². The van der Waals surface area contributed by atoms with Crippen molar-refractivity contribution >= 4 is 0 Å². The van der Waals surface area contributed by atoms with Gasteiger partial charge in [-0.3, -0.25) is 0 Å². The van der Waals surface area contributed by atoms with Gasteiger partial charge in [-0.1, -0.05) is 134 Å². The monoisotopic (exact) mass is 823 g/mol.